The van der Waals surface area contributed by atoms with Crippen LogP contribution in [0, 0.1) is 20.8 Å². The molecule has 0 saturated heterocycles. The van der Waals surface area contributed by atoms with Crippen molar-refractivity contribution in [3.8, 4) is 0 Å². The Bertz CT molecular complexity index is 689. The maximum absolute atomic E-state index is 2.30. The molecule has 0 aliphatic heterocycles. The average Bonchev–Trinajstić information content (AvgIpc) is 2.57. The quantitative estimate of drug-likeness (QED) is 0.507. The SMILES string of the molecule is Cc1cc(C)c2c(c1)sc1c(C)cccc12. The van der Waals surface area contributed by atoms with Gasteiger partial charge in [-0.15, -0.1) is 11.3 Å². The third kappa shape index (κ3) is 1.28. The van der Waals surface area contributed by atoms with E-state index in [4.69, 9.17) is 0 Å². The molecule has 0 radical (unpaired) electrons. The molecule has 0 aliphatic carbocycles. The van der Waals surface area contributed by atoms with Gasteiger partial charge in [0.05, 0.1) is 0 Å². The molecule has 1 heterocycles. The zero-order chi connectivity index (χ0) is 11.3. The van der Waals surface area contributed by atoms with Crippen molar-refractivity contribution < 1.29 is 0 Å². The largest absolute Gasteiger partial charge is 0.135 e. The van der Waals surface area contributed by atoms with E-state index in [-0.39, 0.29) is 0 Å². The highest BCUT2D eigenvalue weighted by Gasteiger charge is 2.08. The van der Waals surface area contributed by atoms with E-state index in [1.54, 1.807) is 0 Å². The van der Waals surface area contributed by atoms with E-state index in [0.717, 1.165) is 0 Å². The van der Waals surface area contributed by atoms with Gasteiger partial charge in [-0.1, -0.05) is 24.3 Å². The predicted molar refractivity (Wildman–Crippen MR) is 73.5 cm³/mol. The number of rotatable bonds is 0. The standard InChI is InChI=1S/C15H14S/c1-9-7-11(3)14-12-6-4-5-10(2)15(12)16-13(14)8-9/h4-8H,1-3H3. The second-order valence-electron chi connectivity index (χ2n) is 4.51. The lowest BCUT2D eigenvalue weighted by molar-refractivity contribution is 1.44. The molecule has 1 aromatic heterocycles. The van der Waals surface area contributed by atoms with E-state index in [1.165, 1.54) is 36.9 Å². The van der Waals surface area contributed by atoms with Crippen molar-refractivity contribution in [2.75, 3.05) is 0 Å². The highest BCUT2D eigenvalue weighted by Crippen LogP contribution is 2.37. The smallest absolute Gasteiger partial charge is 0.0384 e. The Morgan fingerprint density at radius 3 is 2.56 bits per heavy atom. The predicted octanol–water partition coefficient (Wildman–Crippen LogP) is 4.98. The van der Waals surface area contributed by atoms with E-state index in [9.17, 15) is 0 Å². The Balaban J connectivity index is 2.61. The van der Waals surface area contributed by atoms with Gasteiger partial charge >= 0.3 is 0 Å². The third-order valence-corrected chi connectivity index (χ3v) is 4.42. The summed E-state index contributed by atoms with van der Waals surface area (Å²) >= 11 is 1.92. The fourth-order valence-corrected chi connectivity index (χ4v) is 3.80. The average molecular weight is 226 g/mol. The molecule has 0 amide bonds. The first-order valence-electron chi connectivity index (χ1n) is 5.56. The minimum absolute atomic E-state index is 1.36. The second-order valence-corrected chi connectivity index (χ2v) is 5.56. The van der Waals surface area contributed by atoms with Crippen LogP contribution in [0.2, 0.25) is 0 Å². The van der Waals surface area contributed by atoms with Crippen molar-refractivity contribution in [2.45, 2.75) is 20.8 Å². The van der Waals surface area contributed by atoms with Gasteiger partial charge in [-0.25, -0.2) is 0 Å². The Morgan fingerprint density at radius 2 is 1.75 bits per heavy atom. The molecule has 16 heavy (non-hydrogen) atoms. The molecule has 80 valence electrons. The number of hydrogen-bond donors (Lipinski definition) is 0. The topological polar surface area (TPSA) is 0 Å². The van der Waals surface area contributed by atoms with Crippen LogP contribution in [-0.4, -0.2) is 0 Å². The van der Waals surface area contributed by atoms with Crippen molar-refractivity contribution >= 4 is 31.5 Å². The van der Waals surface area contributed by atoms with Gasteiger partial charge in [0, 0.05) is 20.2 Å². The molecule has 0 saturated carbocycles. The molecule has 0 N–H and O–H groups in total. The highest BCUT2D eigenvalue weighted by atomic mass is 32.1. The van der Waals surface area contributed by atoms with Crippen molar-refractivity contribution in [3.63, 3.8) is 0 Å². The van der Waals surface area contributed by atoms with Gasteiger partial charge in [0.25, 0.3) is 0 Å². The molecule has 0 aliphatic rings. The fourth-order valence-electron chi connectivity index (χ4n) is 2.45. The Labute approximate surface area is 99.5 Å². The molecule has 0 bridgehead atoms. The summed E-state index contributed by atoms with van der Waals surface area (Å²) in [4.78, 5) is 0. The molecule has 0 fully saturated rings. The molecule has 0 nitrogen and oxygen atoms in total. The molecule has 3 aromatic rings. The minimum atomic E-state index is 1.36. The number of hydrogen-bond acceptors (Lipinski definition) is 1. The van der Waals surface area contributed by atoms with E-state index < -0.39 is 0 Å². The summed E-state index contributed by atoms with van der Waals surface area (Å²) < 4.78 is 2.85. The number of fused-ring (bicyclic) bond motifs is 3. The van der Waals surface area contributed by atoms with Gasteiger partial charge < -0.3 is 0 Å². The van der Waals surface area contributed by atoms with Crippen LogP contribution in [0.25, 0.3) is 20.2 Å². The van der Waals surface area contributed by atoms with E-state index in [2.05, 4.69) is 51.1 Å². The third-order valence-electron chi connectivity index (χ3n) is 3.14. The molecular formula is C15H14S. The number of aryl methyl sites for hydroxylation is 3. The highest BCUT2D eigenvalue weighted by molar-refractivity contribution is 7.26. The molecule has 3 rings (SSSR count). The van der Waals surface area contributed by atoms with Crippen molar-refractivity contribution in [1.29, 1.82) is 0 Å². The van der Waals surface area contributed by atoms with Crippen LogP contribution in [-0.2, 0) is 0 Å². The minimum Gasteiger partial charge on any atom is -0.135 e. The van der Waals surface area contributed by atoms with Crippen LogP contribution in [0.4, 0.5) is 0 Å². The first-order chi connectivity index (χ1) is 7.66. The van der Waals surface area contributed by atoms with Gasteiger partial charge in [-0.2, -0.15) is 0 Å². The van der Waals surface area contributed by atoms with Gasteiger partial charge in [-0.05, 0) is 43.5 Å². The Kier molecular flexibility index (Phi) is 2.05. The maximum atomic E-state index is 2.30. The molecular weight excluding hydrogens is 212 g/mol. The summed E-state index contributed by atoms with van der Waals surface area (Å²) in [6.45, 7) is 6.58. The lowest BCUT2D eigenvalue weighted by Gasteiger charge is -1.99. The Hall–Kier alpha value is -1.34. The second kappa shape index (κ2) is 3.33. The molecule has 0 spiro atoms. The maximum Gasteiger partial charge on any atom is 0.0384 e. The summed E-state index contributed by atoms with van der Waals surface area (Å²) in [5, 5.41) is 2.85. The lowest BCUT2D eigenvalue weighted by Crippen LogP contribution is -1.77. The summed E-state index contributed by atoms with van der Waals surface area (Å²) in [6, 6.07) is 11.2. The summed E-state index contributed by atoms with van der Waals surface area (Å²) in [5.41, 5.74) is 4.14. The van der Waals surface area contributed by atoms with Crippen LogP contribution in [0.1, 0.15) is 16.7 Å². The first-order valence-corrected chi connectivity index (χ1v) is 6.37. The van der Waals surface area contributed by atoms with E-state index in [0.29, 0.717) is 0 Å². The van der Waals surface area contributed by atoms with Crippen molar-refractivity contribution in [2.24, 2.45) is 0 Å². The van der Waals surface area contributed by atoms with E-state index >= 15 is 0 Å². The van der Waals surface area contributed by atoms with E-state index in [1.807, 2.05) is 11.3 Å². The van der Waals surface area contributed by atoms with Crippen LogP contribution in [0.5, 0.6) is 0 Å². The number of thiophene rings is 1. The molecule has 0 atom stereocenters. The molecule has 0 unspecified atom stereocenters. The zero-order valence-electron chi connectivity index (χ0n) is 9.79. The molecule has 1 heteroatoms. The van der Waals surface area contributed by atoms with Crippen LogP contribution in [0.3, 0.4) is 0 Å². The summed E-state index contributed by atoms with van der Waals surface area (Å²) in [5.74, 6) is 0. The van der Waals surface area contributed by atoms with Gasteiger partial charge in [0.15, 0.2) is 0 Å². The van der Waals surface area contributed by atoms with Gasteiger partial charge in [-0.3, -0.25) is 0 Å². The molecule has 2 aromatic carbocycles. The van der Waals surface area contributed by atoms with Crippen LogP contribution in [0.15, 0.2) is 30.3 Å². The fraction of sp³-hybridized carbons (Fsp3) is 0.200. The van der Waals surface area contributed by atoms with Gasteiger partial charge in [0.1, 0.15) is 0 Å². The normalized spacial score (nSPS) is 11.4. The number of benzene rings is 2. The van der Waals surface area contributed by atoms with Crippen LogP contribution < -0.4 is 0 Å². The zero-order valence-corrected chi connectivity index (χ0v) is 10.6. The monoisotopic (exact) mass is 226 g/mol. The van der Waals surface area contributed by atoms with Crippen molar-refractivity contribution in [3.05, 3.63) is 47.0 Å². The first kappa shape index (κ1) is 9.86. The lowest BCUT2D eigenvalue weighted by atomic mass is 10.0. The van der Waals surface area contributed by atoms with Crippen molar-refractivity contribution in [1.82, 2.24) is 0 Å². The Morgan fingerprint density at radius 1 is 0.938 bits per heavy atom. The van der Waals surface area contributed by atoms with Gasteiger partial charge in [0.2, 0.25) is 0 Å². The summed E-state index contributed by atoms with van der Waals surface area (Å²) in [7, 11) is 0. The summed E-state index contributed by atoms with van der Waals surface area (Å²) in [6.07, 6.45) is 0. The van der Waals surface area contributed by atoms with Crippen LogP contribution >= 0.6 is 11.3 Å².